The molecule has 1 aliphatic rings. The van der Waals surface area contributed by atoms with Crippen molar-refractivity contribution in [2.24, 2.45) is 11.7 Å². The molecular weight excluding hydrogens is 188 g/mol. The minimum atomic E-state index is 0.0398. The fraction of sp³-hybridized carbons (Fsp3) is 0.833. The highest BCUT2D eigenvalue weighted by atomic mass is 16.5. The maximum atomic E-state index is 5.87. The number of nitrogens with one attached hydrogen (secondary N) is 1. The summed E-state index contributed by atoms with van der Waals surface area (Å²) in [6.07, 6.45) is 6.46. The van der Waals surface area contributed by atoms with Crippen molar-refractivity contribution >= 4 is 0 Å². The normalized spacial score (nSPS) is 25.9. The van der Waals surface area contributed by atoms with Gasteiger partial charge in [0.2, 0.25) is 0 Å². The van der Waals surface area contributed by atoms with Crippen molar-refractivity contribution in [3.05, 3.63) is 12.2 Å². The third-order valence-corrected chi connectivity index (χ3v) is 3.33. The zero-order chi connectivity index (χ0) is 11.1. The second-order valence-electron chi connectivity index (χ2n) is 4.47. The van der Waals surface area contributed by atoms with Crippen LogP contribution in [0.5, 0.6) is 0 Å². The fourth-order valence-corrected chi connectivity index (χ4v) is 2.03. The quantitative estimate of drug-likeness (QED) is 0.515. The molecule has 1 saturated heterocycles. The molecule has 0 aliphatic carbocycles. The average molecular weight is 212 g/mol. The lowest BCUT2D eigenvalue weighted by molar-refractivity contribution is 0.155. The van der Waals surface area contributed by atoms with E-state index in [0.717, 1.165) is 32.6 Å². The first-order valence-corrected chi connectivity index (χ1v) is 5.87. The van der Waals surface area contributed by atoms with Crippen LogP contribution in [0, 0.1) is 5.92 Å². The smallest absolute Gasteiger partial charge is 0.0513 e. The van der Waals surface area contributed by atoms with E-state index in [9.17, 15) is 0 Å². The SMILES string of the molecule is C/C=C/CCNC(C)(CN)C1CCOC1. The summed E-state index contributed by atoms with van der Waals surface area (Å²) in [6.45, 7) is 7.67. The van der Waals surface area contributed by atoms with E-state index >= 15 is 0 Å². The zero-order valence-corrected chi connectivity index (χ0v) is 9.96. The Morgan fingerprint density at radius 2 is 2.40 bits per heavy atom. The first-order valence-electron chi connectivity index (χ1n) is 5.87. The molecule has 0 aromatic heterocycles. The molecule has 1 aliphatic heterocycles. The first kappa shape index (κ1) is 12.7. The van der Waals surface area contributed by atoms with Crippen molar-refractivity contribution in [1.29, 1.82) is 0 Å². The fourth-order valence-electron chi connectivity index (χ4n) is 2.03. The lowest BCUT2D eigenvalue weighted by Gasteiger charge is -2.34. The molecule has 15 heavy (non-hydrogen) atoms. The van der Waals surface area contributed by atoms with Crippen LogP contribution in [0.4, 0.5) is 0 Å². The van der Waals surface area contributed by atoms with Crippen molar-refractivity contribution in [1.82, 2.24) is 5.32 Å². The van der Waals surface area contributed by atoms with E-state index in [-0.39, 0.29) is 5.54 Å². The number of nitrogens with two attached hydrogens (primary N) is 1. The molecule has 3 heteroatoms. The van der Waals surface area contributed by atoms with Gasteiger partial charge in [-0.1, -0.05) is 12.2 Å². The van der Waals surface area contributed by atoms with Crippen LogP contribution in [-0.2, 0) is 4.74 Å². The maximum Gasteiger partial charge on any atom is 0.0513 e. The molecule has 0 radical (unpaired) electrons. The van der Waals surface area contributed by atoms with E-state index < -0.39 is 0 Å². The van der Waals surface area contributed by atoms with Gasteiger partial charge in [-0.15, -0.1) is 0 Å². The Balaban J connectivity index is 2.37. The molecule has 1 rings (SSSR count). The van der Waals surface area contributed by atoms with E-state index in [2.05, 4.69) is 24.4 Å². The summed E-state index contributed by atoms with van der Waals surface area (Å²) in [6, 6.07) is 0. The molecule has 3 N–H and O–H groups in total. The minimum Gasteiger partial charge on any atom is -0.381 e. The molecule has 2 atom stereocenters. The van der Waals surface area contributed by atoms with Gasteiger partial charge in [0.25, 0.3) is 0 Å². The standard InChI is InChI=1S/C12H24N2O/c1-3-4-5-7-14-12(2,10-13)11-6-8-15-9-11/h3-4,11,14H,5-10,13H2,1-2H3/b4-3+. The van der Waals surface area contributed by atoms with Crippen LogP contribution in [-0.4, -0.2) is 31.8 Å². The highest BCUT2D eigenvalue weighted by Crippen LogP contribution is 2.24. The molecule has 1 fully saturated rings. The van der Waals surface area contributed by atoms with Crippen molar-refractivity contribution in [3.63, 3.8) is 0 Å². The van der Waals surface area contributed by atoms with E-state index in [1.807, 2.05) is 6.92 Å². The predicted octanol–water partition coefficient (Wildman–Crippen LogP) is 1.30. The van der Waals surface area contributed by atoms with Gasteiger partial charge in [0, 0.05) is 24.6 Å². The van der Waals surface area contributed by atoms with E-state index in [1.165, 1.54) is 0 Å². The molecule has 0 aromatic rings. The molecule has 0 aromatic carbocycles. The number of hydrogen-bond donors (Lipinski definition) is 2. The third-order valence-electron chi connectivity index (χ3n) is 3.33. The van der Waals surface area contributed by atoms with Gasteiger partial charge in [0.05, 0.1) is 6.61 Å². The molecule has 0 saturated carbocycles. The van der Waals surface area contributed by atoms with Crippen LogP contribution >= 0.6 is 0 Å². The molecule has 3 nitrogen and oxygen atoms in total. The van der Waals surface area contributed by atoms with E-state index in [4.69, 9.17) is 10.5 Å². The van der Waals surface area contributed by atoms with Crippen molar-refractivity contribution in [2.45, 2.75) is 32.2 Å². The van der Waals surface area contributed by atoms with Crippen LogP contribution in [0.1, 0.15) is 26.7 Å². The van der Waals surface area contributed by atoms with Gasteiger partial charge in [-0.2, -0.15) is 0 Å². The average Bonchev–Trinajstić information content (AvgIpc) is 2.78. The summed E-state index contributed by atoms with van der Waals surface area (Å²) < 4.78 is 5.42. The summed E-state index contributed by atoms with van der Waals surface area (Å²) in [5.41, 5.74) is 5.91. The van der Waals surface area contributed by atoms with Gasteiger partial charge in [0.1, 0.15) is 0 Å². The molecular formula is C12H24N2O. The van der Waals surface area contributed by atoms with E-state index in [1.54, 1.807) is 0 Å². The largest absolute Gasteiger partial charge is 0.381 e. The Morgan fingerprint density at radius 1 is 1.60 bits per heavy atom. The molecule has 2 unspecified atom stereocenters. The van der Waals surface area contributed by atoms with Gasteiger partial charge in [0.15, 0.2) is 0 Å². The van der Waals surface area contributed by atoms with Crippen LogP contribution in [0.3, 0.4) is 0 Å². The van der Waals surface area contributed by atoms with Gasteiger partial charge in [-0.3, -0.25) is 0 Å². The molecule has 0 bridgehead atoms. The van der Waals surface area contributed by atoms with Crippen molar-refractivity contribution in [3.8, 4) is 0 Å². The van der Waals surface area contributed by atoms with Crippen LogP contribution in [0.25, 0.3) is 0 Å². The minimum absolute atomic E-state index is 0.0398. The summed E-state index contributed by atoms with van der Waals surface area (Å²) in [5, 5.41) is 3.57. The lowest BCUT2D eigenvalue weighted by atomic mass is 9.85. The number of ether oxygens (including phenoxy) is 1. The highest BCUT2D eigenvalue weighted by molar-refractivity contribution is 4.93. The van der Waals surface area contributed by atoms with Crippen LogP contribution < -0.4 is 11.1 Å². The van der Waals surface area contributed by atoms with Gasteiger partial charge < -0.3 is 15.8 Å². The maximum absolute atomic E-state index is 5.87. The first-order chi connectivity index (χ1) is 7.23. The summed E-state index contributed by atoms with van der Waals surface area (Å²) in [7, 11) is 0. The third kappa shape index (κ3) is 3.59. The Hall–Kier alpha value is -0.380. The summed E-state index contributed by atoms with van der Waals surface area (Å²) in [5.74, 6) is 0.563. The number of hydrogen-bond acceptors (Lipinski definition) is 3. The molecule has 0 spiro atoms. The van der Waals surface area contributed by atoms with Gasteiger partial charge in [-0.25, -0.2) is 0 Å². The number of rotatable bonds is 6. The second-order valence-corrected chi connectivity index (χ2v) is 4.47. The Bertz CT molecular complexity index is 200. The summed E-state index contributed by atoms with van der Waals surface area (Å²) in [4.78, 5) is 0. The monoisotopic (exact) mass is 212 g/mol. The van der Waals surface area contributed by atoms with Crippen LogP contribution in [0.15, 0.2) is 12.2 Å². The summed E-state index contributed by atoms with van der Waals surface area (Å²) >= 11 is 0. The second kappa shape index (κ2) is 6.26. The van der Waals surface area contributed by atoms with Gasteiger partial charge in [-0.05, 0) is 33.2 Å². The van der Waals surface area contributed by atoms with Gasteiger partial charge >= 0.3 is 0 Å². The Kier molecular flexibility index (Phi) is 5.29. The molecule has 88 valence electrons. The van der Waals surface area contributed by atoms with Crippen molar-refractivity contribution in [2.75, 3.05) is 26.3 Å². The topological polar surface area (TPSA) is 47.3 Å². The lowest BCUT2D eigenvalue weighted by Crippen LogP contribution is -2.54. The Labute approximate surface area is 93.1 Å². The van der Waals surface area contributed by atoms with Crippen molar-refractivity contribution < 1.29 is 4.74 Å². The van der Waals surface area contributed by atoms with Crippen LogP contribution in [0.2, 0.25) is 0 Å². The number of allylic oxidation sites excluding steroid dienone is 1. The molecule has 1 heterocycles. The Morgan fingerprint density at radius 3 is 2.93 bits per heavy atom. The highest BCUT2D eigenvalue weighted by Gasteiger charge is 2.34. The zero-order valence-electron chi connectivity index (χ0n) is 9.96. The van der Waals surface area contributed by atoms with E-state index in [0.29, 0.717) is 12.5 Å². The molecule has 0 amide bonds. The predicted molar refractivity (Wildman–Crippen MR) is 63.8 cm³/mol.